The maximum atomic E-state index is 13.7. The molecule has 0 bridgehead atoms. The highest BCUT2D eigenvalue weighted by atomic mass is 19.2. The third-order valence-electron chi connectivity index (χ3n) is 3.11. The summed E-state index contributed by atoms with van der Waals surface area (Å²) in [6, 6.07) is 12.1. The molecule has 0 aliphatic heterocycles. The van der Waals surface area contributed by atoms with Gasteiger partial charge in [-0.15, -0.1) is 0 Å². The first-order valence-corrected chi connectivity index (χ1v) is 5.99. The van der Waals surface area contributed by atoms with Gasteiger partial charge in [-0.25, -0.2) is 8.78 Å². The van der Waals surface area contributed by atoms with Crippen molar-refractivity contribution in [2.45, 2.75) is 12.8 Å². The Bertz CT molecular complexity index is 704. The highest BCUT2D eigenvalue weighted by Crippen LogP contribution is 2.25. The average molecular weight is 271 g/mol. The second-order valence-electron chi connectivity index (χ2n) is 4.38. The Labute approximate surface area is 115 Å². The molecule has 0 saturated carbocycles. The number of nitriles is 1. The fourth-order valence-corrected chi connectivity index (χ4v) is 2.03. The van der Waals surface area contributed by atoms with Crippen molar-refractivity contribution >= 4 is 5.78 Å². The number of hydrogen-bond donors (Lipinski definition) is 0. The quantitative estimate of drug-likeness (QED) is 0.797. The van der Waals surface area contributed by atoms with Crippen molar-refractivity contribution in [3.63, 3.8) is 0 Å². The van der Waals surface area contributed by atoms with E-state index in [0.717, 1.165) is 11.6 Å². The van der Waals surface area contributed by atoms with Crippen LogP contribution in [0.5, 0.6) is 0 Å². The first-order valence-electron chi connectivity index (χ1n) is 5.99. The minimum absolute atomic E-state index is 0.403. The summed E-state index contributed by atoms with van der Waals surface area (Å²) in [5.41, 5.74) is 0.854. The molecule has 4 heteroatoms. The van der Waals surface area contributed by atoms with Crippen molar-refractivity contribution in [3.8, 4) is 6.07 Å². The van der Waals surface area contributed by atoms with Crippen molar-refractivity contribution in [1.29, 1.82) is 5.26 Å². The van der Waals surface area contributed by atoms with Crippen LogP contribution in [0.15, 0.2) is 42.5 Å². The number of rotatable bonds is 3. The lowest BCUT2D eigenvalue weighted by atomic mass is 9.89. The number of carbonyl (C=O) groups excluding carboxylic acids is 1. The van der Waals surface area contributed by atoms with Gasteiger partial charge in [0.15, 0.2) is 17.4 Å². The van der Waals surface area contributed by atoms with Gasteiger partial charge >= 0.3 is 0 Å². The zero-order valence-corrected chi connectivity index (χ0v) is 10.7. The molecule has 1 atom stereocenters. The number of benzene rings is 2. The number of nitrogens with zero attached hydrogens (tertiary/aromatic N) is 1. The average Bonchev–Trinajstić information content (AvgIpc) is 2.44. The lowest BCUT2D eigenvalue weighted by Crippen LogP contribution is -2.14. The molecule has 100 valence electrons. The summed E-state index contributed by atoms with van der Waals surface area (Å²) in [5, 5.41) is 9.21. The minimum Gasteiger partial charge on any atom is -0.292 e. The zero-order valence-electron chi connectivity index (χ0n) is 10.7. The van der Waals surface area contributed by atoms with Crippen LogP contribution in [0.4, 0.5) is 8.78 Å². The molecular formula is C16H11F2NO. The van der Waals surface area contributed by atoms with E-state index < -0.39 is 28.9 Å². The zero-order chi connectivity index (χ0) is 14.7. The van der Waals surface area contributed by atoms with E-state index >= 15 is 0 Å². The second kappa shape index (κ2) is 5.62. The number of carbonyl (C=O) groups is 1. The number of ketones is 1. The van der Waals surface area contributed by atoms with Gasteiger partial charge in [-0.2, -0.15) is 5.26 Å². The van der Waals surface area contributed by atoms with Crippen molar-refractivity contribution in [1.82, 2.24) is 0 Å². The first-order chi connectivity index (χ1) is 9.56. The maximum Gasteiger partial charge on any atom is 0.187 e. The number of hydrogen-bond acceptors (Lipinski definition) is 2. The fourth-order valence-electron chi connectivity index (χ4n) is 2.03. The van der Waals surface area contributed by atoms with E-state index in [2.05, 4.69) is 0 Å². The number of Topliss-reactive ketones (excluding diaryl/α,β-unsaturated/α-hetero) is 1. The first kappa shape index (κ1) is 13.9. The molecule has 0 amide bonds. The Morgan fingerprint density at radius 3 is 2.50 bits per heavy atom. The summed E-state index contributed by atoms with van der Waals surface area (Å²) in [6.45, 7) is 1.76. The van der Waals surface area contributed by atoms with Gasteiger partial charge < -0.3 is 0 Å². The monoisotopic (exact) mass is 271 g/mol. The predicted molar refractivity (Wildman–Crippen MR) is 70.2 cm³/mol. The molecule has 0 aliphatic carbocycles. The molecule has 2 aromatic carbocycles. The molecule has 0 N–H and O–H groups in total. The molecule has 0 saturated heterocycles. The Balaban J connectivity index is 2.49. The van der Waals surface area contributed by atoms with Gasteiger partial charge in [0, 0.05) is 0 Å². The summed E-state index contributed by atoms with van der Waals surface area (Å²) in [7, 11) is 0. The lowest BCUT2D eigenvalue weighted by molar-refractivity contribution is 0.0973. The Morgan fingerprint density at radius 1 is 1.15 bits per heavy atom. The third kappa shape index (κ3) is 2.43. The van der Waals surface area contributed by atoms with Crippen LogP contribution >= 0.6 is 0 Å². The van der Waals surface area contributed by atoms with Crippen LogP contribution < -0.4 is 0 Å². The third-order valence-corrected chi connectivity index (χ3v) is 3.11. The smallest absolute Gasteiger partial charge is 0.187 e. The molecule has 0 radical (unpaired) electrons. The van der Waals surface area contributed by atoms with Crippen LogP contribution in [0.2, 0.25) is 0 Å². The van der Waals surface area contributed by atoms with E-state index in [-0.39, 0.29) is 0 Å². The number of aryl methyl sites for hydroxylation is 1. The van der Waals surface area contributed by atoms with E-state index in [1.807, 2.05) is 6.07 Å². The van der Waals surface area contributed by atoms with E-state index in [0.29, 0.717) is 5.56 Å². The molecule has 2 nitrogen and oxygen atoms in total. The van der Waals surface area contributed by atoms with Gasteiger partial charge in [0.1, 0.15) is 5.92 Å². The summed E-state index contributed by atoms with van der Waals surface area (Å²) >= 11 is 0. The highest BCUT2D eigenvalue weighted by molar-refractivity contribution is 6.03. The van der Waals surface area contributed by atoms with Crippen LogP contribution in [-0.4, -0.2) is 5.78 Å². The van der Waals surface area contributed by atoms with E-state index in [1.54, 1.807) is 31.2 Å². The summed E-state index contributed by atoms with van der Waals surface area (Å²) in [4.78, 5) is 12.3. The van der Waals surface area contributed by atoms with Crippen LogP contribution in [0.1, 0.15) is 27.4 Å². The molecule has 2 rings (SSSR count). The van der Waals surface area contributed by atoms with Gasteiger partial charge in [-0.1, -0.05) is 30.3 Å². The molecule has 0 spiro atoms. The molecule has 0 aromatic heterocycles. The van der Waals surface area contributed by atoms with E-state index in [4.69, 9.17) is 0 Å². The van der Waals surface area contributed by atoms with E-state index in [1.165, 1.54) is 12.1 Å². The van der Waals surface area contributed by atoms with Crippen LogP contribution in [-0.2, 0) is 0 Å². The van der Waals surface area contributed by atoms with Crippen LogP contribution in [0.3, 0.4) is 0 Å². The normalized spacial score (nSPS) is 11.7. The Morgan fingerprint density at radius 2 is 1.85 bits per heavy atom. The van der Waals surface area contributed by atoms with Crippen molar-refractivity contribution in [2.24, 2.45) is 0 Å². The molecular weight excluding hydrogens is 260 g/mol. The lowest BCUT2D eigenvalue weighted by Gasteiger charge is -2.12. The molecule has 0 aliphatic rings. The molecule has 0 heterocycles. The van der Waals surface area contributed by atoms with Gasteiger partial charge in [-0.3, -0.25) is 4.79 Å². The van der Waals surface area contributed by atoms with Crippen LogP contribution in [0.25, 0.3) is 0 Å². The van der Waals surface area contributed by atoms with Gasteiger partial charge in [-0.05, 0) is 30.2 Å². The second-order valence-corrected chi connectivity index (χ2v) is 4.38. The molecule has 20 heavy (non-hydrogen) atoms. The van der Waals surface area contributed by atoms with Crippen LogP contribution in [0, 0.1) is 29.9 Å². The molecule has 1 unspecified atom stereocenters. The largest absolute Gasteiger partial charge is 0.292 e. The SMILES string of the molecule is Cc1ccccc1C(C#N)C(=O)c1cccc(F)c1F. The Hall–Kier alpha value is -2.54. The molecule has 0 fully saturated rings. The van der Waals surface area contributed by atoms with Crippen molar-refractivity contribution in [3.05, 3.63) is 70.8 Å². The predicted octanol–water partition coefficient (Wildman–Crippen LogP) is 3.76. The van der Waals surface area contributed by atoms with Crippen molar-refractivity contribution < 1.29 is 13.6 Å². The maximum absolute atomic E-state index is 13.7. The fraction of sp³-hybridized carbons (Fsp3) is 0.125. The molecule has 2 aromatic rings. The topological polar surface area (TPSA) is 40.9 Å². The van der Waals surface area contributed by atoms with E-state index in [9.17, 15) is 18.8 Å². The summed E-state index contributed by atoms with van der Waals surface area (Å²) in [5.74, 6) is -4.20. The van der Waals surface area contributed by atoms with Gasteiger partial charge in [0.05, 0.1) is 11.6 Å². The van der Waals surface area contributed by atoms with Gasteiger partial charge in [0.2, 0.25) is 0 Å². The minimum atomic E-state index is -1.22. The van der Waals surface area contributed by atoms with Gasteiger partial charge in [0.25, 0.3) is 0 Å². The summed E-state index contributed by atoms with van der Waals surface area (Å²) in [6.07, 6.45) is 0. The highest BCUT2D eigenvalue weighted by Gasteiger charge is 2.26. The van der Waals surface area contributed by atoms with Crippen molar-refractivity contribution in [2.75, 3.05) is 0 Å². The summed E-state index contributed by atoms with van der Waals surface area (Å²) < 4.78 is 26.8. The standard InChI is InChI=1S/C16H11F2NO/c1-10-5-2-3-6-11(10)13(9-19)16(20)12-7-4-8-14(17)15(12)18/h2-8,13H,1H3. The number of halogens is 2. The Kier molecular flexibility index (Phi) is 3.90.